The highest BCUT2D eigenvalue weighted by Crippen LogP contribution is 2.51. The van der Waals surface area contributed by atoms with Gasteiger partial charge in [0.2, 0.25) is 0 Å². The van der Waals surface area contributed by atoms with Crippen molar-refractivity contribution < 1.29 is 37.7 Å². The number of unbranched alkanes of at least 4 members (excludes halogenated alkanes) is 1. The summed E-state index contributed by atoms with van der Waals surface area (Å²) >= 11 is 0. The van der Waals surface area contributed by atoms with Gasteiger partial charge < -0.3 is 19.5 Å². The van der Waals surface area contributed by atoms with Crippen molar-refractivity contribution in [3.05, 3.63) is 100.0 Å². The van der Waals surface area contributed by atoms with E-state index < -0.39 is 29.4 Å². The Labute approximate surface area is 265 Å². The fourth-order valence-corrected chi connectivity index (χ4v) is 6.02. The third kappa shape index (κ3) is 7.74. The van der Waals surface area contributed by atoms with Gasteiger partial charge in [-0.3, -0.25) is 9.59 Å². The maximum Gasteiger partial charge on any atom is 0.303 e. The number of aryl methyl sites for hydroxylation is 1. The first kappa shape index (κ1) is 32.7. The van der Waals surface area contributed by atoms with Gasteiger partial charge >= 0.3 is 11.9 Å². The second kappa shape index (κ2) is 14.2. The van der Waals surface area contributed by atoms with Gasteiger partial charge in [0.05, 0.1) is 18.5 Å². The summed E-state index contributed by atoms with van der Waals surface area (Å²) < 4.78 is 49.0. The van der Waals surface area contributed by atoms with E-state index in [0.717, 1.165) is 58.3 Å². The van der Waals surface area contributed by atoms with Crippen LogP contribution in [0, 0.1) is 41.6 Å². The second-order valence-corrected chi connectivity index (χ2v) is 12.1. The van der Waals surface area contributed by atoms with E-state index in [1.54, 1.807) is 12.1 Å². The molecule has 1 aromatic heterocycles. The lowest BCUT2D eigenvalue weighted by Crippen LogP contribution is -2.17. The fourth-order valence-electron chi connectivity index (χ4n) is 6.02. The molecule has 4 aromatic rings. The van der Waals surface area contributed by atoms with Gasteiger partial charge in [0.15, 0.2) is 11.6 Å². The number of aliphatic carboxylic acids is 2. The molecule has 1 fully saturated rings. The highest BCUT2D eigenvalue weighted by atomic mass is 19.2. The Morgan fingerprint density at radius 1 is 0.870 bits per heavy atom. The Kier molecular flexibility index (Phi) is 10.1. The van der Waals surface area contributed by atoms with E-state index in [1.807, 2.05) is 37.3 Å². The van der Waals surface area contributed by atoms with Crippen molar-refractivity contribution in [3.63, 3.8) is 0 Å². The molecule has 1 saturated carbocycles. The average Bonchev–Trinajstić information content (AvgIpc) is 3.72. The van der Waals surface area contributed by atoms with E-state index in [4.69, 9.17) is 4.74 Å². The van der Waals surface area contributed by atoms with Crippen molar-refractivity contribution >= 4 is 22.8 Å². The van der Waals surface area contributed by atoms with E-state index in [9.17, 15) is 33.0 Å². The van der Waals surface area contributed by atoms with Crippen LogP contribution in [0.15, 0.2) is 54.6 Å². The number of benzene rings is 3. The molecule has 1 heterocycles. The Morgan fingerprint density at radius 2 is 1.59 bits per heavy atom. The van der Waals surface area contributed by atoms with Crippen LogP contribution >= 0.6 is 0 Å². The van der Waals surface area contributed by atoms with Gasteiger partial charge in [0, 0.05) is 40.7 Å². The molecule has 3 aromatic carbocycles. The lowest BCUT2D eigenvalue weighted by molar-refractivity contribution is -0.139. The number of fused-ring (bicyclic) bond motifs is 1. The lowest BCUT2D eigenvalue weighted by atomic mass is 10.0. The summed E-state index contributed by atoms with van der Waals surface area (Å²) in [6.45, 7) is 2.92. The Hall–Kier alpha value is -4.71. The number of rotatable bonds is 14. The number of hydrogen-bond donors (Lipinski definition) is 2. The zero-order chi connectivity index (χ0) is 32.8. The Morgan fingerprint density at radius 3 is 2.28 bits per heavy atom. The van der Waals surface area contributed by atoms with Gasteiger partial charge in [-0.2, -0.15) is 0 Å². The molecule has 1 aliphatic rings. The summed E-state index contributed by atoms with van der Waals surface area (Å²) in [4.78, 5) is 22.8. The number of carboxylic acids is 2. The number of halogens is 3. The van der Waals surface area contributed by atoms with Crippen LogP contribution in [0.3, 0.4) is 0 Å². The first-order chi connectivity index (χ1) is 22.1. The molecule has 0 radical (unpaired) electrons. The quantitative estimate of drug-likeness (QED) is 0.0842. The second-order valence-electron chi connectivity index (χ2n) is 12.1. The summed E-state index contributed by atoms with van der Waals surface area (Å²) in [5.74, 6) is 2.55. The van der Waals surface area contributed by atoms with Crippen molar-refractivity contribution in [2.45, 2.75) is 71.3 Å². The molecule has 0 spiro atoms. The van der Waals surface area contributed by atoms with Crippen LogP contribution in [0.1, 0.15) is 72.9 Å². The first-order valence-corrected chi connectivity index (χ1v) is 15.5. The standard InChI is InChI=1S/C37H36F3NO5/c1-24-28(8-5-10-33(42)43)29-9-4-6-26(36(29)41(24)23-37(19-20-37)22-34(44)45)14-11-25-12-15-27(16-13-25)46-21-3-2-7-30-31(38)17-18-32(39)35(30)40/h4,6,9,12-13,15-18H,2-3,5,7-8,10,19-23H2,1H3,(H,42,43)(H,44,45). The third-order valence-corrected chi connectivity index (χ3v) is 8.69. The molecular formula is C37H36F3NO5. The maximum atomic E-state index is 13.8. The molecule has 0 unspecified atom stereocenters. The minimum atomic E-state index is -1.14. The predicted octanol–water partition coefficient (Wildman–Crippen LogP) is 7.83. The lowest BCUT2D eigenvalue weighted by Gasteiger charge is -2.17. The minimum absolute atomic E-state index is 0.0726. The van der Waals surface area contributed by atoms with Crippen LogP contribution in [0.4, 0.5) is 13.2 Å². The zero-order valence-electron chi connectivity index (χ0n) is 25.7. The fraction of sp³-hybridized carbons (Fsp3) is 0.351. The molecule has 1 aliphatic carbocycles. The van der Waals surface area contributed by atoms with E-state index in [0.29, 0.717) is 44.6 Å². The summed E-state index contributed by atoms with van der Waals surface area (Å²) in [6, 6.07) is 14.9. The molecule has 0 bridgehead atoms. The van der Waals surface area contributed by atoms with Crippen molar-refractivity contribution in [1.82, 2.24) is 4.57 Å². The molecule has 6 nitrogen and oxygen atoms in total. The molecule has 0 atom stereocenters. The third-order valence-electron chi connectivity index (χ3n) is 8.69. The van der Waals surface area contributed by atoms with E-state index in [1.165, 1.54) is 0 Å². The number of aromatic nitrogens is 1. The van der Waals surface area contributed by atoms with Crippen molar-refractivity contribution in [2.24, 2.45) is 5.41 Å². The largest absolute Gasteiger partial charge is 0.494 e. The van der Waals surface area contributed by atoms with Crippen molar-refractivity contribution in [1.29, 1.82) is 0 Å². The number of hydrogen-bond acceptors (Lipinski definition) is 3. The van der Waals surface area contributed by atoms with Crippen LogP contribution in [0.2, 0.25) is 0 Å². The Bertz CT molecular complexity index is 1810. The molecule has 240 valence electrons. The number of ether oxygens (including phenoxy) is 1. The molecular weight excluding hydrogens is 595 g/mol. The number of para-hydroxylation sites is 1. The normalized spacial score (nSPS) is 13.3. The first-order valence-electron chi connectivity index (χ1n) is 15.5. The highest BCUT2D eigenvalue weighted by Gasteiger charge is 2.45. The van der Waals surface area contributed by atoms with E-state index in [2.05, 4.69) is 16.4 Å². The maximum absolute atomic E-state index is 13.8. The number of carboxylic acid groups (broad SMARTS) is 2. The molecule has 0 saturated heterocycles. The predicted molar refractivity (Wildman–Crippen MR) is 168 cm³/mol. The van der Waals surface area contributed by atoms with Crippen molar-refractivity contribution in [2.75, 3.05) is 6.61 Å². The molecule has 9 heteroatoms. The van der Waals surface area contributed by atoms with Gasteiger partial charge in [0.1, 0.15) is 11.6 Å². The topological polar surface area (TPSA) is 88.8 Å². The van der Waals surface area contributed by atoms with Gasteiger partial charge in [-0.05, 0) is 105 Å². The molecule has 5 rings (SSSR count). The van der Waals surface area contributed by atoms with E-state index >= 15 is 0 Å². The van der Waals surface area contributed by atoms with Gasteiger partial charge in [-0.1, -0.05) is 24.0 Å². The highest BCUT2D eigenvalue weighted by molar-refractivity contribution is 5.90. The van der Waals surface area contributed by atoms with Crippen LogP contribution in [0.25, 0.3) is 10.9 Å². The smallest absolute Gasteiger partial charge is 0.303 e. The van der Waals surface area contributed by atoms with Crippen LogP contribution < -0.4 is 4.74 Å². The van der Waals surface area contributed by atoms with E-state index in [-0.39, 0.29) is 30.2 Å². The van der Waals surface area contributed by atoms with Crippen LogP contribution in [-0.4, -0.2) is 33.3 Å². The van der Waals surface area contributed by atoms with Gasteiger partial charge in [0.25, 0.3) is 0 Å². The summed E-state index contributed by atoms with van der Waals surface area (Å²) in [7, 11) is 0. The SMILES string of the molecule is Cc1c(CCCC(=O)O)c2cccc(C#Cc3ccc(OCCCCc4c(F)ccc(F)c4F)cc3)c2n1CC1(CC(=O)O)CC1. The molecule has 0 amide bonds. The number of carbonyl (C=O) groups is 2. The van der Waals surface area contributed by atoms with Gasteiger partial charge in [-0.15, -0.1) is 0 Å². The van der Waals surface area contributed by atoms with Gasteiger partial charge in [-0.25, -0.2) is 13.2 Å². The molecule has 46 heavy (non-hydrogen) atoms. The van der Waals surface area contributed by atoms with Crippen LogP contribution in [-0.2, 0) is 29.0 Å². The Balaban J connectivity index is 1.29. The monoisotopic (exact) mass is 631 g/mol. The molecule has 0 aliphatic heterocycles. The summed E-state index contributed by atoms with van der Waals surface area (Å²) in [5, 5.41) is 19.7. The molecule has 2 N–H and O–H groups in total. The van der Waals surface area contributed by atoms with Crippen LogP contribution in [0.5, 0.6) is 5.75 Å². The zero-order valence-corrected chi connectivity index (χ0v) is 25.7. The minimum Gasteiger partial charge on any atom is -0.494 e. The average molecular weight is 632 g/mol. The number of nitrogens with zero attached hydrogens (tertiary/aromatic N) is 1. The van der Waals surface area contributed by atoms with Crippen molar-refractivity contribution in [3.8, 4) is 17.6 Å². The summed E-state index contributed by atoms with van der Waals surface area (Å²) in [5.41, 5.74) is 4.06. The summed E-state index contributed by atoms with van der Waals surface area (Å²) in [6.07, 6.45) is 4.02.